The van der Waals surface area contributed by atoms with Gasteiger partial charge in [-0.2, -0.15) is 5.10 Å². The summed E-state index contributed by atoms with van der Waals surface area (Å²) in [7, 11) is -3.43. The van der Waals surface area contributed by atoms with E-state index < -0.39 is 21.4 Å². The van der Waals surface area contributed by atoms with E-state index in [1.807, 2.05) is 12.1 Å². The topological polar surface area (TPSA) is 116 Å². The fraction of sp³-hybridized carbons (Fsp3) is 0.435. The molecule has 8 nitrogen and oxygen atoms in total. The molecule has 1 fully saturated rings. The summed E-state index contributed by atoms with van der Waals surface area (Å²) >= 11 is 0. The number of aliphatic hydroxyl groups excluding tert-OH is 1. The van der Waals surface area contributed by atoms with E-state index in [4.69, 9.17) is 4.74 Å². The third-order valence-electron chi connectivity index (χ3n) is 5.58. The molecule has 1 atom stereocenters. The minimum Gasteiger partial charge on any atom is -0.492 e. The highest BCUT2D eigenvalue weighted by molar-refractivity contribution is 7.93. The van der Waals surface area contributed by atoms with Crippen molar-refractivity contribution in [2.24, 2.45) is 0 Å². The number of aromatic amines is 1. The van der Waals surface area contributed by atoms with Gasteiger partial charge >= 0.3 is 0 Å². The maximum Gasteiger partial charge on any atom is 0.235 e. The number of fused-ring (bicyclic) bond motifs is 1. The molecular weight excluding hydrogens is 428 g/mol. The number of aromatic nitrogens is 2. The Labute approximate surface area is 188 Å². The number of sulfonamides is 1. The summed E-state index contributed by atoms with van der Waals surface area (Å²) in [4.78, 5) is 0. The number of hydrogen-bond acceptors (Lipinski definition) is 6. The molecule has 0 aliphatic heterocycles. The van der Waals surface area contributed by atoms with Gasteiger partial charge in [0.05, 0.1) is 16.9 Å². The SMILES string of the molecule is CC(C)S(=O)(=O)Nc1cccc(C(O)CNCCOc2ccc3c(C4CC4)[nH]nc3c2)c1. The molecule has 0 saturated heterocycles. The van der Waals surface area contributed by atoms with Gasteiger partial charge in [-0.05, 0) is 56.5 Å². The van der Waals surface area contributed by atoms with Crippen molar-refractivity contribution in [3.05, 3.63) is 53.7 Å². The second kappa shape index (κ2) is 9.48. The largest absolute Gasteiger partial charge is 0.492 e. The van der Waals surface area contributed by atoms with Gasteiger partial charge in [-0.15, -0.1) is 0 Å². The van der Waals surface area contributed by atoms with Gasteiger partial charge in [-0.3, -0.25) is 9.82 Å². The number of ether oxygens (including phenoxy) is 1. The molecule has 0 spiro atoms. The first-order valence-corrected chi connectivity index (χ1v) is 12.5. The minimum atomic E-state index is -3.43. The van der Waals surface area contributed by atoms with Crippen LogP contribution in [0.5, 0.6) is 5.75 Å². The lowest BCUT2D eigenvalue weighted by Gasteiger charge is -2.15. The van der Waals surface area contributed by atoms with Gasteiger partial charge in [0.15, 0.2) is 0 Å². The van der Waals surface area contributed by atoms with Crippen LogP contribution in [-0.4, -0.2) is 48.7 Å². The number of aliphatic hydroxyl groups is 1. The zero-order valence-electron chi connectivity index (χ0n) is 18.3. The first-order chi connectivity index (χ1) is 15.3. The molecule has 172 valence electrons. The Hall–Kier alpha value is -2.62. The van der Waals surface area contributed by atoms with E-state index in [2.05, 4.69) is 26.3 Å². The van der Waals surface area contributed by atoms with Crippen LogP contribution in [0.25, 0.3) is 10.9 Å². The molecule has 32 heavy (non-hydrogen) atoms. The molecule has 1 saturated carbocycles. The quantitative estimate of drug-likeness (QED) is 0.328. The summed E-state index contributed by atoms with van der Waals surface area (Å²) in [5, 5.41) is 21.8. The van der Waals surface area contributed by atoms with E-state index in [0.717, 1.165) is 11.3 Å². The first kappa shape index (κ1) is 22.6. The lowest BCUT2D eigenvalue weighted by molar-refractivity contribution is 0.172. The smallest absolute Gasteiger partial charge is 0.235 e. The van der Waals surface area contributed by atoms with Gasteiger partial charge in [0.2, 0.25) is 10.0 Å². The Balaban J connectivity index is 1.23. The summed E-state index contributed by atoms with van der Waals surface area (Å²) in [6.07, 6.45) is 1.69. The highest BCUT2D eigenvalue weighted by atomic mass is 32.2. The van der Waals surface area contributed by atoms with E-state index in [1.54, 1.807) is 38.1 Å². The number of nitrogens with zero attached hydrogens (tertiary/aromatic N) is 1. The van der Waals surface area contributed by atoms with Crippen molar-refractivity contribution in [1.29, 1.82) is 0 Å². The lowest BCUT2D eigenvalue weighted by atomic mass is 10.1. The summed E-state index contributed by atoms with van der Waals surface area (Å²) in [5.41, 5.74) is 3.22. The van der Waals surface area contributed by atoms with Gasteiger partial charge in [0.1, 0.15) is 12.4 Å². The third-order valence-corrected chi connectivity index (χ3v) is 7.34. The van der Waals surface area contributed by atoms with Crippen molar-refractivity contribution in [1.82, 2.24) is 15.5 Å². The van der Waals surface area contributed by atoms with Crippen molar-refractivity contribution < 1.29 is 18.3 Å². The molecule has 1 aromatic heterocycles. The van der Waals surface area contributed by atoms with Gasteiger partial charge in [0, 0.05) is 41.8 Å². The van der Waals surface area contributed by atoms with Crippen LogP contribution in [0.1, 0.15) is 50.0 Å². The zero-order valence-corrected chi connectivity index (χ0v) is 19.2. The fourth-order valence-electron chi connectivity index (χ4n) is 3.47. The molecule has 1 aliphatic rings. The van der Waals surface area contributed by atoms with Crippen molar-refractivity contribution in [3.63, 3.8) is 0 Å². The molecule has 9 heteroatoms. The van der Waals surface area contributed by atoms with Crippen molar-refractivity contribution in [2.75, 3.05) is 24.4 Å². The molecule has 1 aliphatic carbocycles. The molecule has 0 amide bonds. The molecule has 3 aromatic rings. The minimum absolute atomic E-state index is 0.326. The number of benzene rings is 2. The molecule has 4 rings (SSSR count). The van der Waals surface area contributed by atoms with E-state index in [1.165, 1.54) is 23.9 Å². The second-order valence-electron chi connectivity index (χ2n) is 8.48. The lowest BCUT2D eigenvalue weighted by Crippen LogP contribution is -2.26. The predicted octanol–water partition coefficient (Wildman–Crippen LogP) is 3.29. The second-order valence-corrected chi connectivity index (χ2v) is 10.7. The molecule has 4 N–H and O–H groups in total. The average molecular weight is 459 g/mol. The number of hydrogen-bond donors (Lipinski definition) is 4. The molecule has 0 radical (unpaired) electrons. The highest BCUT2D eigenvalue weighted by Gasteiger charge is 2.27. The van der Waals surface area contributed by atoms with Crippen LogP contribution in [0.15, 0.2) is 42.5 Å². The third kappa shape index (κ3) is 5.40. The normalized spacial score (nSPS) is 15.2. The van der Waals surface area contributed by atoms with Crippen LogP contribution in [0.3, 0.4) is 0 Å². The van der Waals surface area contributed by atoms with Gasteiger partial charge in [-0.25, -0.2) is 8.42 Å². The fourth-order valence-corrected chi connectivity index (χ4v) is 4.17. The molecule has 1 unspecified atom stereocenters. The first-order valence-electron chi connectivity index (χ1n) is 10.9. The summed E-state index contributed by atoms with van der Waals surface area (Å²) in [6.45, 7) is 4.57. The monoisotopic (exact) mass is 458 g/mol. The Kier molecular flexibility index (Phi) is 6.68. The standard InChI is InChI=1S/C23H30N4O4S/c1-15(2)32(29,30)27-18-5-3-4-17(12-18)22(28)14-24-10-11-31-19-8-9-20-21(13-19)25-26-23(20)16-6-7-16/h3-5,8-9,12-13,15-16,22,24,27-28H,6-7,10-11,14H2,1-2H3,(H,25,26). The average Bonchev–Trinajstić information content (AvgIpc) is 3.52. The van der Waals surface area contributed by atoms with Crippen LogP contribution in [0.2, 0.25) is 0 Å². The zero-order chi connectivity index (χ0) is 22.7. The van der Waals surface area contributed by atoms with Crippen molar-refractivity contribution in [3.8, 4) is 5.75 Å². The van der Waals surface area contributed by atoms with E-state index >= 15 is 0 Å². The number of nitrogens with one attached hydrogen (secondary N) is 3. The molecule has 2 aromatic carbocycles. The maximum atomic E-state index is 12.0. The summed E-state index contributed by atoms with van der Waals surface area (Å²) < 4.78 is 32.4. The number of H-pyrrole nitrogens is 1. The summed E-state index contributed by atoms with van der Waals surface area (Å²) in [5.74, 6) is 1.39. The summed E-state index contributed by atoms with van der Waals surface area (Å²) in [6, 6.07) is 12.8. The van der Waals surface area contributed by atoms with Crippen molar-refractivity contribution in [2.45, 2.75) is 44.0 Å². The van der Waals surface area contributed by atoms with E-state index in [0.29, 0.717) is 36.9 Å². The van der Waals surface area contributed by atoms with Crippen LogP contribution in [0, 0.1) is 0 Å². The van der Waals surface area contributed by atoms with Crippen LogP contribution in [0.4, 0.5) is 5.69 Å². The number of rotatable bonds is 11. The van der Waals surface area contributed by atoms with Crippen LogP contribution >= 0.6 is 0 Å². The Morgan fingerprint density at radius 2 is 2.03 bits per heavy atom. The highest BCUT2D eigenvalue weighted by Crippen LogP contribution is 2.42. The van der Waals surface area contributed by atoms with Gasteiger partial charge in [-0.1, -0.05) is 12.1 Å². The van der Waals surface area contributed by atoms with Gasteiger partial charge in [0.25, 0.3) is 0 Å². The number of anilines is 1. The predicted molar refractivity (Wildman–Crippen MR) is 126 cm³/mol. The van der Waals surface area contributed by atoms with Crippen LogP contribution < -0.4 is 14.8 Å². The molecule has 0 bridgehead atoms. The maximum absolute atomic E-state index is 12.0. The Morgan fingerprint density at radius 1 is 1.22 bits per heavy atom. The molecular formula is C23H30N4O4S. The van der Waals surface area contributed by atoms with E-state index in [-0.39, 0.29) is 0 Å². The van der Waals surface area contributed by atoms with Crippen molar-refractivity contribution >= 4 is 26.6 Å². The van der Waals surface area contributed by atoms with Gasteiger partial charge < -0.3 is 15.2 Å². The van der Waals surface area contributed by atoms with E-state index in [9.17, 15) is 13.5 Å². The van der Waals surface area contributed by atoms with Crippen LogP contribution in [-0.2, 0) is 10.0 Å². The Morgan fingerprint density at radius 3 is 2.78 bits per heavy atom. The Bertz CT molecular complexity index is 1170. The molecule has 1 heterocycles.